The van der Waals surface area contributed by atoms with Crippen LogP contribution in [0.1, 0.15) is 23.2 Å². The van der Waals surface area contributed by atoms with Gasteiger partial charge in [0.15, 0.2) is 5.78 Å². The third kappa shape index (κ3) is 3.69. The van der Waals surface area contributed by atoms with Crippen LogP contribution in [0.25, 0.3) is 11.1 Å². The third-order valence-electron chi connectivity index (χ3n) is 3.19. The minimum absolute atomic E-state index is 0.0172. The van der Waals surface area contributed by atoms with Crippen LogP contribution in [0.15, 0.2) is 48.5 Å². The van der Waals surface area contributed by atoms with E-state index in [1.165, 1.54) is 0 Å². The number of carbonyl (C=O) groups is 2. The number of carbonyl (C=O) groups excluding carboxylic acids is 1. The molecule has 0 fully saturated rings. The lowest BCUT2D eigenvalue weighted by molar-refractivity contribution is -0.136. The normalized spacial score (nSPS) is 10.1. The number of ether oxygens (including phenoxy) is 1. The predicted octanol–water partition coefficient (Wildman–Crippen LogP) is 3.41. The molecule has 0 saturated heterocycles. The number of hydrogen-bond donors (Lipinski definition) is 1. The van der Waals surface area contributed by atoms with Gasteiger partial charge >= 0.3 is 5.97 Å². The number of benzene rings is 2. The minimum Gasteiger partial charge on any atom is -0.496 e. The molecule has 108 valence electrons. The van der Waals surface area contributed by atoms with Gasteiger partial charge in [-0.3, -0.25) is 9.59 Å². The Morgan fingerprint density at radius 2 is 1.67 bits per heavy atom. The van der Waals surface area contributed by atoms with Gasteiger partial charge in [0.1, 0.15) is 5.75 Å². The standard InChI is InChI=1S/C17H16O4/c1-21-16-5-3-2-4-14(16)12-6-8-13(9-7-12)15(18)10-11-17(19)20/h2-9H,10-11H2,1H3,(H,19,20). The molecule has 4 nitrogen and oxygen atoms in total. The molecule has 0 atom stereocenters. The van der Waals surface area contributed by atoms with Crippen molar-refractivity contribution in [2.24, 2.45) is 0 Å². The summed E-state index contributed by atoms with van der Waals surface area (Å²) >= 11 is 0. The molecule has 1 N–H and O–H groups in total. The summed E-state index contributed by atoms with van der Waals surface area (Å²) in [5, 5.41) is 8.59. The molecule has 0 aliphatic carbocycles. The molecule has 21 heavy (non-hydrogen) atoms. The lowest BCUT2D eigenvalue weighted by Crippen LogP contribution is -2.03. The predicted molar refractivity (Wildman–Crippen MR) is 79.6 cm³/mol. The van der Waals surface area contributed by atoms with Gasteiger partial charge in [-0.25, -0.2) is 0 Å². The van der Waals surface area contributed by atoms with E-state index >= 15 is 0 Å². The monoisotopic (exact) mass is 284 g/mol. The van der Waals surface area contributed by atoms with E-state index in [0.717, 1.165) is 16.9 Å². The molecule has 0 heterocycles. The number of methoxy groups -OCH3 is 1. The van der Waals surface area contributed by atoms with Crippen LogP contribution < -0.4 is 4.74 Å². The first-order chi connectivity index (χ1) is 10.1. The lowest BCUT2D eigenvalue weighted by Gasteiger charge is -2.08. The smallest absolute Gasteiger partial charge is 0.303 e. The van der Waals surface area contributed by atoms with Crippen molar-refractivity contribution in [1.82, 2.24) is 0 Å². The highest BCUT2D eigenvalue weighted by Crippen LogP contribution is 2.29. The number of para-hydroxylation sites is 1. The summed E-state index contributed by atoms with van der Waals surface area (Å²) < 4.78 is 5.31. The van der Waals surface area contributed by atoms with Crippen LogP contribution in [0.2, 0.25) is 0 Å². The molecule has 0 amide bonds. The molecule has 0 saturated carbocycles. The first kappa shape index (κ1) is 14.8. The highest BCUT2D eigenvalue weighted by Gasteiger charge is 2.10. The maximum absolute atomic E-state index is 11.8. The fourth-order valence-corrected chi connectivity index (χ4v) is 2.08. The van der Waals surface area contributed by atoms with Crippen LogP contribution in [0.3, 0.4) is 0 Å². The Balaban J connectivity index is 2.19. The van der Waals surface area contributed by atoms with Gasteiger partial charge in [-0.2, -0.15) is 0 Å². The molecule has 2 aromatic carbocycles. The number of Topliss-reactive ketones (excluding diaryl/α,β-unsaturated/α-hetero) is 1. The Morgan fingerprint density at radius 1 is 1.00 bits per heavy atom. The number of aliphatic carboxylic acids is 1. The van der Waals surface area contributed by atoms with Crippen LogP contribution >= 0.6 is 0 Å². The number of carboxylic acid groups (broad SMARTS) is 1. The summed E-state index contributed by atoms with van der Waals surface area (Å²) in [7, 11) is 1.61. The summed E-state index contributed by atoms with van der Waals surface area (Å²) in [5.41, 5.74) is 2.42. The van der Waals surface area contributed by atoms with Crippen molar-refractivity contribution in [2.45, 2.75) is 12.8 Å². The third-order valence-corrected chi connectivity index (χ3v) is 3.19. The maximum Gasteiger partial charge on any atom is 0.303 e. The van der Waals surface area contributed by atoms with Crippen molar-refractivity contribution in [3.63, 3.8) is 0 Å². The second kappa shape index (κ2) is 6.70. The Bertz CT molecular complexity index is 644. The number of ketones is 1. The van der Waals surface area contributed by atoms with Gasteiger partial charge in [-0.15, -0.1) is 0 Å². The van der Waals surface area contributed by atoms with Crippen LogP contribution in [0, 0.1) is 0 Å². The van der Waals surface area contributed by atoms with E-state index in [9.17, 15) is 9.59 Å². The molecular formula is C17H16O4. The summed E-state index contributed by atoms with van der Waals surface area (Å²) in [6.45, 7) is 0. The van der Waals surface area contributed by atoms with Crippen LogP contribution in [0.5, 0.6) is 5.75 Å². The molecule has 2 rings (SSSR count). The molecule has 4 heteroatoms. The molecule has 0 spiro atoms. The van der Waals surface area contributed by atoms with Crippen molar-refractivity contribution >= 4 is 11.8 Å². The van der Waals surface area contributed by atoms with E-state index in [0.29, 0.717) is 5.56 Å². The minimum atomic E-state index is -0.964. The van der Waals surface area contributed by atoms with Crippen molar-refractivity contribution in [1.29, 1.82) is 0 Å². The van der Waals surface area contributed by atoms with Crippen molar-refractivity contribution in [3.8, 4) is 16.9 Å². The van der Waals surface area contributed by atoms with Gasteiger partial charge in [-0.1, -0.05) is 42.5 Å². The number of hydrogen-bond acceptors (Lipinski definition) is 3. The zero-order valence-corrected chi connectivity index (χ0v) is 11.7. The van der Waals surface area contributed by atoms with Gasteiger partial charge in [0.25, 0.3) is 0 Å². The van der Waals surface area contributed by atoms with Crippen molar-refractivity contribution < 1.29 is 19.4 Å². The van der Waals surface area contributed by atoms with Crippen LogP contribution in [-0.2, 0) is 4.79 Å². The Kier molecular flexibility index (Phi) is 4.72. The zero-order chi connectivity index (χ0) is 15.2. The quantitative estimate of drug-likeness (QED) is 0.826. The van der Waals surface area contributed by atoms with Gasteiger partial charge in [-0.05, 0) is 11.6 Å². The molecule has 0 aliphatic rings. The van der Waals surface area contributed by atoms with E-state index < -0.39 is 5.97 Å². The van der Waals surface area contributed by atoms with Crippen LogP contribution in [-0.4, -0.2) is 24.0 Å². The summed E-state index contributed by atoms with van der Waals surface area (Å²) in [6, 6.07) is 14.7. The first-order valence-corrected chi connectivity index (χ1v) is 6.60. The zero-order valence-electron chi connectivity index (χ0n) is 11.7. The second-order valence-electron chi connectivity index (χ2n) is 4.59. The average Bonchev–Trinajstić information content (AvgIpc) is 2.52. The molecular weight excluding hydrogens is 268 g/mol. The van der Waals surface area contributed by atoms with Gasteiger partial charge in [0, 0.05) is 17.5 Å². The summed E-state index contributed by atoms with van der Waals surface area (Å²) in [4.78, 5) is 22.3. The highest BCUT2D eigenvalue weighted by molar-refractivity contribution is 5.97. The number of rotatable bonds is 6. The largest absolute Gasteiger partial charge is 0.496 e. The van der Waals surface area contributed by atoms with E-state index in [1.54, 1.807) is 19.2 Å². The van der Waals surface area contributed by atoms with Crippen LogP contribution in [0.4, 0.5) is 0 Å². The summed E-state index contributed by atoms with van der Waals surface area (Å²) in [5.74, 6) is -0.361. The summed E-state index contributed by atoms with van der Waals surface area (Å²) in [6.07, 6.45) is -0.129. The van der Waals surface area contributed by atoms with E-state index in [-0.39, 0.29) is 18.6 Å². The molecule has 0 aromatic heterocycles. The number of carboxylic acids is 1. The molecule has 0 radical (unpaired) electrons. The van der Waals surface area contributed by atoms with Gasteiger partial charge < -0.3 is 9.84 Å². The van der Waals surface area contributed by atoms with E-state index in [1.807, 2.05) is 36.4 Å². The Hall–Kier alpha value is -2.62. The van der Waals surface area contributed by atoms with Crippen molar-refractivity contribution in [3.05, 3.63) is 54.1 Å². The fourth-order valence-electron chi connectivity index (χ4n) is 2.08. The van der Waals surface area contributed by atoms with Crippen molar-refractivity contribution in [2.75, 3.05) is 7.11 Å². The Morgan fingerprint density at radius 3 is 2.29 bits per heavy atom. The first-order valence-electron chi connectivity index (χ1n) is 6.60. The SMILES string of the molecule is COc1ccccc1-c1ccc(C(=O)CCC(=O)O)cc1. The molecule has 0 aliphatic heterocycles. The molecule has 0 bridgehead atoms. The Labute approximate surface area is 123 Å². The topological polar surface area (TPSA) is 63.6 Å². The fraction of sp³-hybridized carbons (Fsp3) is 0.176. The molecule has 0 unspecified atom stereocenters. The van der Waals surface area contributed by atoms with Gasteiger partial charge in [0.2, 0.25) is 0 Å². The average molecular weight is 284 g/mol. The van der Waals surface area contributed by atoms with E-state index in [2.05, 4.69) is 0 Å². The van der Waals surface area contributed by atoms with Gasteiger partial charge in [0.05, 0.1) is 13.5 Å². The highest BCUT2D eigenvalue weighted by atomic mass is 16.5. The molecule has 2 aromatic rings. The maximum atomic E-state index is 11.8. The second-order valence-corrected chi connectivity index (χ2v) is 4.59. The lowest BCUT2D eigenvalue weighted by atomic mass is 10.0. The van der Waals surface area contributed by atoms with E-state index in [4.69, 9.17) is 9.84 Å².